The number of nitrogens with one attached hydrogen (secondary N) is 1. The van der Waals surface area contributed by atoms with Gasteiger partial charge in [-0.2, -0.15) is 0 Å². The highest BCUT2D eigenvalue weighted by molar-refractivity contribution is 5.87. The number of carboxylic acid groups (broad SMARTS) is 1. The van der Waals surface area contributed by atoms with Gasteiger partial charge in [-0.15, -0.1) is 0 Å². The summed E-state index contributed by atoms with van der Waals surface area (Å²) < 4.78 is 11.2. The van der Waals surface area contributed by atoms with Crippen molar-refractivity contribution >= 4 is 5.97 Å². The minimum Gasteiger partial charge on any atom is -0.478 e. The number of aryl methyl sites for hydroxylation is 1. The van der Waals surface area contributed by atoms with Crippen LogP contribution in [0.3, 0.4) is 0 Å². The summed E-state index contributed by atoms with van der Waals surface area (Å²) in [6.07, 6.45) is 10.8. The monoisotopic (exact) mass is 525 g/mol. The van der Waals surface area contributed by atoms with Gasteiger partial charge in [-0.05, 0) is 61.9 Å². The quantitative estimate of drug-likeness (QED) is 0.229. The van der Waals surface area contributed by atoms with E-state index in [1.807, 2.05) is 24.3 Å². The van der Waals surface area contributed by atoms with Crippen LogP contribution in [-0.4, -0.2) is 74.0 Å². The Morgan fingerprint density at radius 1 is 0.868 bits per heavy atom. The van der Waals surface area contributed by atoms with Crippen molar-refractivity contribution in [2.45, 2.75) is 32.1 Å². The minimum absolute atomic E-state index is 0.0506. The number of hydrogen-bond donors (Lipinski definition) is 4. The number of carbonyl (C=O) groups is 1. The van der Waals surface area contributed by atoms with E-state index in [0.717, 1.165) is 44.4 Å². The molecule has 0 saturated heterocycles. The second-order valence-electron chi connectivity index (χ2n) is 9.41. The predicted octanol–water partition coefficient (Wildman–Crippen LogP) is 4.26. The molecule has 0 aliphatic heterocycles. The van der Waals surface area contributed by atoms with Crippen LogP contribution in [0.25, 0.3) is 0 Å². The number of aliphatic hydroxyl groups excluding tert-OH is 2. The molecule has 1 unspecified atom stereocenters. The third-order valence-corrected chi connectivity index (χ3v) is 6.24. The van der Waals surface area contributed by atoms with Crippen molar-refractivity contribution in [3.63, 3.8) is 0 Å². The van der Waals surface area contributed by atoms with Gasteiger partial charge in [-0.1, -0.05) is 66.8 Å². The summed E-state index contributed by atoms with van der Waals surface area (Å²) >= 11 is 0. The molecule has 1 aliphatic rings. The van der Waals surface area contributed by atoms with Crippen molar-refractivity contribution in [3.8, 4) is 0 Å². The number of carboxylic acids is 1. The summed E-state index contributed by atoms with van der Waals surface area (Å²) in [5, 5.41) is 30.8. The van der Waals surface area contributed by atoms with Gasteiger partial charge in [-0.25, -0.2) is 4.79 Å². The zero-order chi connectivity index (χ0) is 27.3. The second-order valence-corrected chi connectivity index (χ2v) is 9.41. The van der Waals surface area contributed by atoms with Crippen LogP contribution in [0.5, 0.6) is 0 Å². The molecule has 2 aromatic carbocycles. The fourth-order valence-electron chi connectivity index (χ4n) is 4.07. The Balaban J connectivity index is 0.000000474. The van der Waals surface area contributed by atoms with Gasteiger partial charge in [0, 0.05) is 25.2 Å². The molecule has 2 aromatic rings. The summed E-state index contributed by atoms with van der Waals surface area (Å²) in [5.41, 5.74) is 2.38. The van der Waals surface area contributed by atoms with E-state index in [9.17, 15) is 15.0 Å². The van der Waals surface area contributed by atoms with E-state index in [0.29, 0.717) is 38.3 Å². The molecule has 7 nitrogen and oxygen atoms in total. The highest BCUT2D eigenvalue weighted by Crippen LogP contribution is 2.30. The lowest BCUT2D eigenvalue weighted by atomic mass is 9.79. The Labute approximate surface area is 226 Å². The molecule has 1 aliphatic carbocycles. The molecule has 4 N–H and O–H groups in total. The normalized spacial score (nSPS) is 16.4. The van der Waals surface area contributed by atoms with E-state index < -0.39 is 5.97 Å². The number of aliphatic hydroxyl groups is 2. The van der Waals surface area contributed by atoms with Gasteiger partial charge in [0.15, 0.2) is 0 Å². The first-order chi connectivity index (χ1) is 18.6. The zero-order valence-corrected chi connectivity index (χ0v) is 22.3. The van der Waals surface area contributed by atoms with E-state index in [-0.39, 0.29) is 18.6 Å². The number of hydrogen-bond acceptors (Lipinski definition) is 6. The van der Waals surface area contributed by atoms with Crippen molar-refractivity contribution in [2.24, 2.45) is 5.41 Å². The molecule has 38 heavy (non-hydrogen) atoms. The number of benzene rings is 2. The molecule has 0 fully saturated rings. The second kappa shape index (κ2) is 19.3. The number of unbranched alkanes of at least 4 members (excludes halogenated alkanes) is 1. The maximum Gasteiger partial charge on any atom is 0.335 e. The minimum atomic E-state index is -0.879. The Morgan fingerprint density at radius 2 is 1.53 bits per heavy atom. The van der Waals surface area contributed by atoms with Crippen LogP contribution in [0.2, 0.25) is 0 Å². The lowest BCUT2D eigenvalue weighted by Crippen LogP contribution is -2.38. The van der Waals surface area contributed by atoms with Crippen molar-refractivity contribution in [2.75, 3.05) is 52.7 Å². The molecule has 0 saturated carbocycles. The molecular weight excluding hydrogens is 482 g/mol. The lowest BCUT2D eigenvalue weighted by Gasteiger charge is -2.32. The van der Waals surface area contributed by atoms with E-state index in [2.05, 4.69) is 29.6 Å². The Hall–Kier alpha value is -2.81. The van der Waals surface area contributed by atoms with E-state index in [4.69, 9.17) is 14.6 Å². The molecular formula is C31H43NO6. The van der Waals surface area contributed by atoms with Crippen LogP contribution in [0.1, 0.15) is 41.6 Å². The van der Waals surface area contributed by atoms with Crippen LogP contribution in [0.15, 0.2) is 84.5 Å². The molecule has 0 amide bonds. The summed E-state index contributed by atoms with van der Waals surface area (Å²) in [7, 11) is 0. The Kier molecular flexibility index (Phi) is 15.9. The highest BCUT2D eigenvalue weighted by atomic mass is 16.5. The first kappa shape index (κ1) is 31.4. The molecule has 0 spiro atoms. The molecule has 0 radical (unpaired) electrons. The number of aromatic carboxylic acids is 1. The lowest BCUT2D eigenvalue weighted by molar-refractivity contribution is 0.0454. The van der Waals surface area contributed by atoms with Crippen molar-refractivity contribution in [3.05, 3.63) is 95.6 Å². The summed E-state index contributed by atoms with van der Waals surface area (Å²) in [5.74, 6) is -0.879. The van der Waals surface area contributed by atoms with Gasteiger partial charge in [0.25, 0.3) is 0 Å². The maximum atomic E-state index is 10.2. The first-order valence-corrected chi connectivity index (χ1v) is 13.4. The molecule has 7 heteroatoms. The smallest absolute Gasteiger partial charge is 0.335 e. The van der Waals surface area contributed by atoms with Crippen LogP contribution in [-0.2, 0) is 15.9 Å². The Bertz CT molecular complexity index is 947. The van der Waals surface area contributed by atoms with Crippen LogP contribution in [0, 0.1) is 5.41 Å². The molecule has 0 bridgehead atoms. The Morgan fingerprint density at radius 3 is 2.13 bits per heavy atom. The largest absolute Gasteiger partial charge is 0.478 e. The SMILES string of the molecule is O=C(O)c1ccccc1.OCC1=CC=CC(CO)(CNCCCOCCOCCCCc2ccccc2)C1. The predicted molar refractivity (Wildman–Crippen MR) is 150 cm³/mol. The average Bonchev–Trinajstić information content (AvgIpc) is 2.97. The third-order valence-electron chi connectivity index (χ3n) is 6.24. The van der Waals surface area contributed by atoms with Crippen molar-refractivity contribution in [1.82, 2.24) is 5.32 Å². The number of rotatable bonds is 17. The van der Waals surface area contributed by atoms with Gasteiger partial charge in [-0.3, -0.25) is 0 Å². The summed E-state index contributed by atoms with van der Waals surface area (Å²) in [4.78, 5) is 10.2. The number of ether oxygens (including phenoxy) is 2. The van der Waals surface area contributed by atoms with Crippen LogP contribution >= 0.6 is 0 Å². The molecule has 3 rings (SSSR count). The van der Waals surface area contributed by atoms with Gasteiger partial charge >= 0.3 is 5.97 Å². The fraction of sp³-hybridized carbons (Fsp3) is 0.452. The standard InChI is InChI=1S/C24H37NO4.C7H6O2/c26-19-23-11-6-12-24(18-23,21-27)20-25-13-7-15-29-17-16-28-14-5-4-10-22-8-2-1-3-9-22;8-7(9)6-4-2-1-3-5-6/h1-3,6,8-9,11-12,25-27H,4-5,7,10,13-21H2;1-5H,(H,8,9). The van der Waals surface area contributed by atoms with Gasteiger partial charge in [0.05, 0.1) is 32.0 Å². The van der Waals surface area contributed by atoms with E-state index in [1.54, 1.807) is 30.3 Å². The van der Waals surface area contributed by atoms with Crippen molar-refractivity contribution < 1.29 is 29.6 Å². The van der Waals surface area contributed by atoms with E-state index in [1.165, 1.54) is 5.56 Å². The zero-order valence-electron chi connectivity index (χ0n) is 22.3. The maximum absolute atomic E-state index is 10.2. The summed E-state index contributed by atoms with van der Waals surface area (Å²) in [6.45, 7) is 4.44. The summed E-state index contributed by atoms with van der Waals surface area (Å²) in [6, 6.07) is 18.9. The molecule has 0 heterocycles. The third kappa shape index (κ3) is 13.1. The topological polar surface area (TPSA) is 108 Å². The molecule has 208 valence electrons. The average molecular weight is 526 g/mol. The number of allylic oxidation sites excluding steroid dienone is 2. The van der Waals surface area contributed by atoms with Gasteiger partial charge in [0.2, 0.25) is 0 Å². The van der Waals surface area contributed by atoms with Gasteiger partial charge < -0.3 is 30.1 Å². The molecule has 1 atom stereocenters. The first-order valence-electron chi connectivity index (χ1n) is 13.4. The molecule has 0 aromatic heterocycles. The fourth-order valence-corrected chi connectivity index (χ4v) is 4.07. The van der Waals surface area contributed by atoms with Gasteiger partial charge in [0.1, 0.15) is 0 Å². The van der Waals surface area contributed by atoms with Crippen molar-refractivity contribution in [1.29, 1.82) is 0 Å². The van der Waals surface area contributed by atoms with Crippen LogP contribution < -0.4 is 5.32 Å². The van der Waals surface area contributed by atoms with Crippen LogP contribution in [0.4, 0.5) is 0 Å². The highest BCUT2D eigenvalue weighted by Gasteiger charge is 2.28. The van der Waals surface area contributed by atoms with E-state index >= 15 is 0 Å².